The van der Waals surface area contributed by atoms with Gasteiger partial charge in [0.1, 0.15) is 11.5 Å². The molecule has 3 rings (SSSR count). The highest BCUT2D eigenvalue weighted by atomic mass is 35.5. The molecule has 3 aromatic rings. The maximum atomic E-state index is 12.8. The fourth-order valence-electron chi connectivity index (χ4n) is 3.10. The molecule has 0 atom stereocenters. The fraction of sp³-hybridized carbons (Fsp3) is 0.192. The van der Waals surface area contributed by atoms with Gasteiger partial charge in [0, 0.05) is 10.6 Å². The molecule has 0 aliphatic heterocycles. The number of amides is 1. The van der Waals surface area contributed by atoms with Gasteiger partial charge in [0.05, 0.1) is 33.1 Å². The summed E-state index contributed by atoms with van der Waals surface area (Å²) in [6.45, 7) is 1.60. The lowest BCUT2D eigenvalue weighted by atomic mass is 10.1. The minimum absolute atomic E-state index is 0.194. The van der Waals surface area contributed by atoms with E-state index >= 15 is 0 Å². The van der Waals surface area contributed by atoms with Crippen LogP contribution in [0.5, 0.6) is 28.7 Å². The Kier molecular flexibility index (Phi) is 9.13. The number of hydrogen-bond donors (Lipinski definition) is 1. The predicted octanol–water partition coefficient (Wildman–Crippen LogP) is 4.42. The van der Waals surface area contributed by atoms with E-state index in [1.807, 2.05) is 6.92 Å². The standard InChI is InChI=1S/C26H25ClN2O7/c1-16-11-19(9-10-20(16)27)35-15-24(30)29-28-14-17-7-5-6-8-21(17)36-26(31)18-12-22(32-2)25(34-4)23(13-18)33-3/h5-14H,15H2,1-4H3,(H,29,30). The molecule has 9 nitrogen and oxygen atoms in total. The molecule has 0 saturated heterocycles. The van der Waals surface area contributed by atoms with Gasteiger partial charge in [0.25, 0.3) is 5.91 Å². The third kappa shape index (κ3) is 6.67. The number of benzene rings is 3. The van der Waals surface area contributed by atoms with Crippen LogP contribution in [0.3, 0.4) is 0 Å². The van der Waals surface area contributed by atoms with Gasteiger partial charge in [-0.05, 0) is 55.0 Å². The zero-order valence-electron chi connectivity index (χ0n) is 20.2. The van der Waals surface area contributed by atoms with Gasteiger partial charge < -0.3 is 23.7 Å². The number of methoxy groups -OCH3 is 3. The van der Waals surface area contributed by atoms with Crippen molar-refractivity contribution in [1.82, 2.24) is 5.43 Å². The van der Waals surface area contributed by atoms with E-state index < -0.39 is 11.9 Å². The maximum Gasteiger partial charge on any atom is 0.343 e. The average molecular weight is 513 g/mol. The first-order valence-electron chi connectivity index (χ1n) is 10.7. The van der Waals surface area contributed by atoms with Crippen molar-refractivity contribution in [3.8, 4) is 28.7 Å². The molecule has 1 amide bonds. The fourth-order valence-corrected chi connectivity index (χ4v) is 3.22. The van der Waals surface area contributed by atoms with E-state index in [4.69, 9.17) is 35.3 Å². The molecule has 0 aromatic heterocycles. The third-order valence-electron chi connectivity index (χ3n) is 4.91. The molecule has 0 unspecified atom stereocenters. The van der Waals surface area contributed by atoms with Gasteiger partial charge >= 0.3 is 5.97 Å². The molecule has 36 heavy (non-hydrogen) atoms. The largest absolute Gasteiger partial charge is 0.493 e. The highest BCUT2D eigenvalue weighted by molar-refractivity contribution is 6.31. The number of nitrogens with zero attached hydrogens (tertiary/aromatic N) is 1. The van der Waals surface area contributed by atoms with Gasteiger partial charge in [-0.25, -0.2) is 10.2 Å². The van der Waals surface area contributed by atoms with Crippen molar-refractivity contribution in [2.45, 2.75) is 6.92 Å². The summed E-state index contributed by atoms with van der Waals surface area (Å²) >= 11 is 5.99. The van der Waals surface area contributed by atoms with Crippen molar-refractivity contribution in [3.05, 3.63) is 76.3 Å². The van der Waals surface area contributed by atoms with E-state index in [2.05, 4.69) is 10.5 Å². The van der Waals surface area contributed by atoms with Crippen LogP contribution in [0, 0.1) is 6.92 Å². The zero-order chi connectivity index (χ0) is 26.1. The van der Waals surface area contributed by atoms with E-state index in [0.717, 1.165) is 5.56 Å². The van der Waals surface area contributed by atoms with Gasteiger partial charge in [-0.1, -0.05) is 23.7 Å². The van der Waals surface area contributed by atoms with Gasteiger partial charge in [-0.2, -0.15) is 5.10 Å². The second-order valence-corrected chi connectivity index (χ2v) is 7.74. The second-order valence-electron chi connectivity index (χ2n) is 7.33. The lowest BCUT2D eigenvalue weighted by molar-refractivity contribution is -0.123. The van der Waals surface area contributed by atoms with Crippen LogP contribution in [0.2, 0.25) is 5.02 Å². The Labute approximate surface area is 213 Å². The van der Waals surface area contributed by atoms with Crippen molar-refractivity contribution in [3.63, 3.8) is 0 Å². The first-order chi connectivity index (χ1) is 17.4. The van der Waals surface area contributed by atoms with Crippen molar-refractivity contribution < 1.29 is 33.3 Å². The number of hydrogen-bond acceptors (Lipinski definition) is 8. The van der Waals surface area contributed by atoms with Crippen LogP contribution in [0.4, 0.5) is 0 Å². The Morgan fingerprint density at radius 3 is 2.28 bits per heavy atom. The number of carbonyl (C=O) groups is 2. The first kappa shape index (κ1) is 26.4. The lowest BCUT2D eigenvalue weighted by Crippen LogP contribution is -2.24. The number of hydrazone groups is 1. The van der Waals surface area contributed by atoms with Crippen LogP contribution in [0.25, 0.3) is 0 Å². The Bertz CT molecular complexity index is 1250. The van der Waals surface area contributed by atoms with E-state index in [0.29, 0.717) is 33.6 Å². The van der Waals surface area contributed by atoms with Crippen LogP contribution < -0.4 is 29.1 Å². The highest BCUT2D eigenvalue weighted by Crippen LogP contribution is 2.38. The number of carbonyl (C=O) groups excluding carboxylic acids is 2. The third-order valence-corrected chi connectivity index (χ3v) is 5.34. The summed E-state index contributed by atoms with van der Waals surface area (Å²) in [4.78, 5) is 24.9. The highest BCUT2D eigenvalue weighted by Gasteiger charge is 2.19. The number of aryl methyl sites for hydroxylation is 1. The monoisotopic (exact) mass is 512 g/mol. The molecule has 188 valence electrons. The molecule has 1 N–H and O–H groups in total. The maximum absolute atomic E-state index is 12.8. The summed E-state index contributed by atoms with van der Waals surface area (Å²) < 4.78 is 26.9. The van der Waals surface area contributed by atoms with Crippen molar-refractivity contribution in [2.75, 3.05) is 27.9 Å². The molecule has 0 bridgehead atoms. The lowest BCUT2D eigenvalue weighted by Gasteiger charge is -2.14. The van der Waals surface area contributed by atoms with E-state index in [-0.39, 0.29) is 17.9 Å². The van der Waals surface area contributed by atoms with E-state index in [1.165, 1.54) is 39.7 Å². The van der Waals surface area contributed by atoms with Crippen molar-refractivity contribution in [1.29, 1.82) is 0 Å². The van der Waals surface area contributed by atoms with Gasteiger partial charge in [-0.15, -0.1) is 0 Å². The summed E-state index contributed by atoms with van der Waals surface area (Å²) in [5, 5.41) is 4.54. The minimum atomic E-state index is -0.647. The second kappa shape index (κ2) is 12.5. The van der Waals surface area contributed by atoms with E-state index in [9.17, 15) is 9.59 Å². The molecule has 0 spiro atoms. The first-order valence-corrected chi connectivity index (χ1v) is 11.1. The molecular weight excluding hydrogens is 488 g/mol. The van der Waals surface area contributed by atoms with Gasteiger partial charge in [-0.3, -0.25) is 4.79 Å². The normalized spacial score (nSPS) is 10.6. The number of ether oxygens (including phenoxy) is 5. The topological polar surface area (TPSA) is 105 Å². The van der Waals surface area contributed by atoms with Crippen molar-refractivity contribution >= 4 is 29.7 Å². The Hall–Kier alpha value is -4.24. The molecule has 0 heterocycles. The summed E-state index contributed by atoms with van der Waals surface area (Å²) in [5.74, 6) is 0.628. The molecule has 10 heteroatoms. The van der Waals surface area contributed by atoms with Crippen LogP contribution in [-0.4, -0.2) is 46.0 Å². The Morgan fingerprint density at radius 2 is 1.64 bits per heavy atom. The SMILES string of the molecule is COc1cc(C(=O)Oc2ccccc2C=NNC(=O)COc2ccc(Cl)c(C)c2)cc(OC)c1OC. The summed E-state index contributed by atoms with van der Waals surface area (Å²) in [6, 6.07) is 14.8. The quantitative estimate of drug-likeness (QED) is 0.185. The number of esters is 1. The van der Waals surface area contributed by atoms with Crippen molar-refractivity contribution in [2.24, 2.45) is 5.10 Å². The molecule has 0 fully saturated rings. The summed E-state index contributed by atoms with van der Waals surface area (Å²) in [5.41, 5.74) is 3.87. The summed E-state index contributed by atoms with van der Waals surface area (Å²) in [6.07, 6.45) is 1.36. The van der Waals surface area contributed by atoms with Crippen LogP contribution in [0.1, 0.15) is 21.5 Å². The molecule has 3 aromatic carbocycles. The molecular formula is C26H25ClN2O7. The number of para-hydroxylation sites is 1. The van der Waals surface area contributed by atoms with Gasteiger partial charge in [0.15, 0.2) is 18.1 Å². The van der Waals surface area contributed by atoms with Crippen LogP contribution in [-0.2, 0) is 4.79 Å². The van der Waals surface area contributed by atoms with Crippen LogP contribution in [0.15, 0.2) is 59.7 Å². The Balaban J connectivity index is 1.65. The smallest absolute Gasteiger partial charge is 0.343 e. The predicted molar refractivity (Wildman–Crippen MR) is 135 cm³/mol. The summed E-state index contributed by atoms with van der Waals surface area (Å²) in [7, 11) is 4.37. The number of nitrogens with one attached hydrogen (secondary N) is 1. The zero-order valence-corrected chi connectivity index (χ0v) is 20.9. The Morgan fingerprint density at radius 1 is 0.944 bits per heavy atom. The minimum Gasteiger partial charge on any atom is -0.493 e. The molecule has 0 aliphatic carbocycles. The van der Waals surface area contributed by atoms with E-state index in [1.54, 1.807) is 42.5 Å². The number of rotatable bonds is 10. The molecule has 0 aliphatic rings. The van der Waals surface area contributed by atoms with Gasteiger partial charge in [0.2, 0.25) is 5.75 Å². The number of halogens is 1. The van der Waals surface area contributed by atoms with Crippen LogP contribution >= 0.6 is 11.6 Å². The molecule has 0 radical (unpaired) electrons. The average Bonchev–Trinajstić information content (AvgIpc) is 2.89. The molecule has 0 saturated carbocycles.